The van der Waals surface area contributed by atoms with Crippen molar-refractivity contribution in [3.8, 4) is 0 Å². The first-order chi connectivity index (χ1) is 15.6. The van der Waals surface area contributed by atoms with Crippen LogP contribution >= 0.6 is 0 Å². The van der Waals surface area contributed by atoms with Gasteiger partial charge in [0, 0.05) is 57.4 Å². The lowest BCUT2D eigenvalue weighted by Crippen LogP contribution is -2.52. The molecule has 7 rings (SSSR count). The summed E-state index contributed by atoms with van der Waals surface area (Å²) in [6, 6.07) is 2.08. The third kappa shape index (κ3) is 3.97. The molecule has 4 saturated carbocycles. The number of carbonyl (C=O) groups excluding carboxylic acids is 1. The van der Waals surface area contributed by atoms with Crippen molar-refractivity contribution in [1.29, 1.82) is 0 Å². The van der Waals surface area contributed by atoms with Gasteiger partial charge in [-0.25, -0.2) is 4.98 Å². The van der Waals surface area contributed by atoms with Crippen molar-refractivity contribution in [2.75, 3.05) is 62.3 Å². The molecule has 1 aromatic heterocycles. The maximum Gasteiger partial charge on any atom is 0.227 e. The minimum absolute atomic E-state index is 0.333. The Morgan fingerprint density at radius 2 is 1.56 bits per heavy atom. The van der Waals surface area contributed by atoms with Gasteiger partial charge < -0.3 is 19.4 Å². The summed E-state index contributed by atoms with van der Waals surface area (Å²) in [6.07, 6.45) is 9.06. The van der Waals surface area contributed by atoms with Gasteiger partial charge in [-0.15, -0.1) is 0 Å². The zero-order chi connectivity index (χ0) is 21.7. The average molecular weight is 440 g/mol. The second-order valence-electron chi connectivity index (χ2n) is 11.2. The van der Waals surface area contributed by atoms with Gasteiger partial charge in [0.2, 0.25) is 11.9 Å². The molecule has 4 bridgehead atoms. The number of piperazine rings is 1. The predicted octanol–water partition coefficient (Wildman–Crippen LogP) is 2.88. The Morgan fingerprint density at radius 1 is 0.938 bits per heavy atom. The number of aromatic nitrogens is 2. The number of nitrogens with zero attached hydrogens (tertiary/aromatic N) is 5. The molecule has 0 radical (unpaired) electrons. The molecule has 2 aliphatic heterocycles. The van der Waals surface area contributed by atoms with E-state index in [1.54, 1.807) is 0 Å². The van der Waals surface area contributed by atoms with Gasteiger partial charge in [-0.05, 0) is 68.6 Å². The monoisotopic (exact) mass is 439 g/mol. The Hall–Kier alpha value is -1.89. The molecule has 0 N–H and O–H groups in total. The molecule has 0 atom stereocenters. The highest BCUT2D eigenvalue weighted by atomic mass is 16.5. The lowest BCUT2D eigenvalue weighted by atomic mass is 9.49. The van der Waals surface area contributed by atoms with Crippen LogP contribution in [0, 0.1) is 30.1 Å². The first kappa shape index (κ1) is 20.7. The highest BCUT2D eigenvalue weighted by molar-refractivity contribution is 5.77. The summed E-state index contributed by atoms with van der Waals surface area (Å²) >= 11 is 0. The molecule has 2 saturated heterocycles. The predicted molar refractivity (Wildman–Crippen MR) is 124 cm³/mol. The zero-order valence-corrected chi connectivity index (χ0v) is 19.5. The van der Waals surface area contributed by atoms with Crippen LogP contribution in [0.4, 0.5) is 11.8 Å². The normalized spacial score (nSPS) is 34.3. The molecular formula is C25H37N5O2. The molecule has 6 fully saturated rings. The fraction of sp³-hybridized carbons (Fsp3) is 0.800. The third-order valence-electron chi connectivity index (χ3n) is 8.77. The van der Waals surface area contributed by atoms with Crippen LogP contribution in [0.1, 0.15) is 50.6 Å². The highest BCUT2D eigenvalue weighted by Gasteiger charge is 2.51. The van der Waals surface area contributed by atoms with Crippen molar-refractivity contribution in [3.05, 3.63) is 11.8 Å². The van der Waals surface area contributed by atoms with Gasteiger partial charge in [0.05, 0.1) is 13.2 Å². The van der Waals surface area contributed by atoms with Crippen molar-refractivity contribution in [2.45, 2.75) is 51.9 Å². The number of amides is 1. The molecule has 7 heteroatoms. The van der Waals surface area contributed by atoms with Crippen LogP contribution in [-0.4, -0.2) is 73.3 Å². The van der Waals surface area contributed by atoms with Crippen LogP contribution in [0.25, 0.3) is 0 Å². The fourth-order valence-corrected chi connectivity index (χ4v) is 7.73. The van der Waals surface area contributed by atoms with Crippen LogP contribution in [0.3, 0.4) is 0 Å². The van der Waals surface area contributed by atoms with E-state index in [2.05, 4.69) is 25.8 Å². The van der Waals surface area contributed by atoms with Crippen molar-refractivity contribution >= 4 is 17.7 Å². The topological polar surface area (TPSA) is 61.8 Å². The Kier molecular flexibility index (Phi) is 5.27. The van der Waals surface area contributed by atoms with E-state index in [0.717, 1.165) is 94.1 Å². The van der Waals surface area contributed by atoms with E-state index in [-0.39, 0.29) is 0 Å². The number of aryl methyl sites for hydroxylation is 1. The summed E-state index contributed by atoms with van der Waals surface area (Å²) in [6.45, 7) is 8.51. The second kappa shape index (κ2) is 8.15. The van der Waals surface area contributed by atoms with E-state index in [1.807, 2.05) is 6.92 Å². The van der Waals surface area contributed by atoms with Gasteiger partial charge >= 0.3 is 0 Å². The van der Waals surface area contributed by atoms with Gasteiger partial charge in [-0.1, -0.05) is 0 Å². The molecule has 0 spiro atoms. The first-order valence-electron chi connectivity index (χ1n) is 12.8. The quantitative estimate of drug-likeness (QED) is 0.719. The lowest BCUT2D eigenvalue weighted by molar-refractivity contribution is -0.139. The number of hydrogen-bond donors (Lipinski definition) is 0. The zero-order valence-electron chi connectivity index (χ0n) is 19.5. The Morgan fingerprint density at radius 3 is 2.19 bits per heavy atom. The summed E-state index contributed by atoms with van der Waals surface area (Å²) in [5, 5.41) is 0. The molecule has 1 amide bonds. The number of anilines is 2. The SMILES string of the molecule is Cc1cc(N2CCN(C(=O)CC34CC5CC(CC(C5)C3)C4)CC2)nc(N2CCOCC2)n1. The summed E-state index contributed by atoms with van der Waals surface area (Å²) < 4.78 is 5.47. The minimum atomic E-state index is 0.333. The van der Waals surface area contributed by atoms with Crippen LogP contribution in [0.5, 0.6) is 0 Å². The van der Waals surface area contributed by atoms with Gasteiger partial charge in [0.1, 0.15) is 5.82 Å². The van der Waals surface area contributed by atoms with Gasteiger partial charge in [0.25, 0.3) is 0 Å². The summed E-state index contributed by atoms with van der Waals surface area (Å²) in [4.78, 5) is 29.5. The lowest BCUT2D eigenvalue weighted by Gasteiger charge is -2.57. The number of carbonyl (C=O) groups is 1. The van der Waals surface area contributed by atoms with Crippen molar-refractivity contribution < 1.29 is 9.53 Å². The van der Waals surface area contributed by atoms with E-state index in [1.165, 1.54) is 38.5 Å². The maximum absolute atomic E-state index is 13.3. The largest absolute Gasteiger partial charge is 0.378 e. The molecule has 6 aliphatic rings. The summed E-state index contributed by atoms with van der Waals surface area (Å²) in [7, 11) is 0. The molecule has 174 valence electrons. The smallest absolute Gasteiger partial charge is 0.227 e. The van der Waals surface area contributed by atoms with E-state index < -0.39 is 0 Å². The number of ether oxygens (including phenoxy) is 1. The van der Waals surface area contributed by atoms with E-state index >= 15 is 0 Å². The molecule has 0 unspecified atom stereocenters. The summed E-state index contributed by atoms with van der Waals surface area (Å²) in [5.41, 5.74) is 1.33. The average Bonchev–Trinajstić information content (AvgIpc) is 2.78. The van der Waals surface area contributed by atoms with Crippen molar-refractivity contribution in [2.24, 2.45) is 23.2 Å². The second-order valence-corrected chi connectivity index (χ2v) is 11.2. The maximum atomic E-state index is 13.3. The molecule has 4 aliphatic carbocycles. The van der Waals surface area contributed by atoms with Gasteiger partial charge in [-0.2, -0.15) is 4.98 Å². The number of morpholine rings is 1. The first-order valence-corrected chi connectivity index (χ1v) is 12.8. The molecule has 32 heavy (non-hydrogen) atoms. The highest BCUT2D eigenvalue weighted by Crippen LogP contribution is 2.61. The number of rotatable bonds is 4. The van der Waals surface area contributed by atoms with E-state index in [0.29, 0.717) is 11.3 Å². The number of hydrogen-bond acceptors (Lipinski definition) is 6. The van der Waals surface area contributed by atoms with Crippen LogP contribution in [0.15, 0.2) is 6.07 Å². The van der Waals surface area contributed by atoms with Crippen LogP contribution in [0.2, 0.25) is 0 Å². The Balaban J connectivity index is 1.08. The van der Waals surface area contributed by atoms with Crippen molar-refractivity contribution in [1.82, 2.24) is 14.9 Å². The molecule has 1 aromatic rings. The van der Waals surface area contributed by atoms with E-state index in [9.17, 15) is 4.79 Å². The Labute approximate surface area is 191 Å². The molecule has 7 nitrogen and oxygen atoms in total. The fourth-order valence-electron chi connectivity index (χ4n) is 7.73. The molecular weight excluding hydrogens is 402 g/mol. The van der Waals surface area contributed by atoms with Crippen molar-refractivity contribution in [3.63, 3.8) is 0 Å². The van der Waals surface area contributed by atoms with Crippen LogP contribution in [-0.2, 0) is 9.53 Å². The Bertz CT molecular complexity index is 825. The standard InChI is InChI=1S/C25H37N5O2/c1-18-10-22(27-24(26-18)30-6-8-32-9-7-30)28-2-4-29(5-3-28)23(31)17-25-14-19-11-20(15-25)13-21(12-19)16-25/h10,19-21H,2-9,11-17H2,1H3. The molecule has 3 heterocycles. The minimum Gasteiger partial charge on any atom is -0.378 e. The van der Waals surface area contributed by atoms with Gasteiger partial charge in [-0.3, -0.25) is 4.79 Å². The summed E-state index contributed by atoms with van der Waals surface area (Å²) in [5.74, 6) is 4.93. The van der Waals surface area contributed by atoms with E-state index in [4.69, 9.17) is 9.72 Å². The third-order valence-corrected chi connectivity index (χ3v) is 8.77. The van der Waals surface area contributed by atoms with Crippen LogP contribution < -0.4 is 9.80 Å². The van der Waals surface area contributed by atoms with Gasteiger partial charge in [0.15, 0.2) is 0 Å². The molecule has 0 aromatic carbocycles.